The molecular formula is C15H13ClF5NO2. The fraction of sp³-hybridized carbons (Fsp3) is 0.200. The van der Waals surface area contributed by atoms with Crippen LogP contribution < -0.4 is 15.2 Å². The molecule has 0 fully saturated rings. The van der Waals surface area contributed by atoms with Crippen LogP contribution in [0.25, 0.3) is 11.1 Å². The lowest BCUT2D eigenvalue weighted by Gasteiger charge is -2.15. The molecule has 24 heavy (non-hydrogen) atoms. The number of halogens is 6. The van der Waals surface area contributed by atoms with Gasteiger partial charge in [0.25, 0.3) is 0 Å². The molecule has 0 heterocycles. The molecule has 0 saturated heterocycles. The largest absolute Gasteiger partial charge is 0.573 e. The Kier molecular flexibility index (Phi) is 6.80. The third kappa shape index (κ3) is 4.97. The molecule has 0 bridgehead atoms. The van der Waals surface area contributed by atoms with Crippen LogP contribution in [0.1, 0.15) is 0 Å². The van der Waals surface area contributed by atoms with Gasteiger partial charge in [0.2, 0.25) is 0 Å². The highest BCUT2D eigenvalue weighted by Gasteiger charge is 2.32. The van der Waals surface area contributed by atoms with Crippen molar-refractivity contribution < 1.29 is 31.4 Å². The molecule has 3 nitrogen and oxygen atoms in total. The summed E-state index contributed by atoms with van der Waals surface area (Å²) in [7, 11) is 0. The van der Waals surface area contributed by atoms with Crippen LogP contribution in [0.15, 0.2) is 36.4 Å². The van der Waals surface area contributed by atoms with E-state index in [0.29, 0.717) is 0 Å². The number of rotatable bonds is 5. The van der Waals surface area contributed by atoms with Gasteiger partial charge in [-0.15, -0.1) is 25.6 Å². The summed E-state index contributed by atoms with van der Waals surface area (Å²) < 4.78 is 73.4. The van der Waals surface area contributed by atoms with Gasteiger partial charge in [0.05, 0.1) is 0 Å². The average Bonchev–Trinajstić information content (AvgIpc) is 2.47. The summed E-state index contributed by atoms with van der Waals surface area (Å²) in [4.78, 5) is 0. The number of ether oxygens (including phenoxy) is 2. The van der Waals surface area contributed by atoms with Crippen molar-refractivity contribution in [2.45, 2.75) is 6.36 Å². The fourth-order valence-corrected chi connectivity index (χ4v) is 1.89. The van der Waals surface area contributed by atoms with E-state index < -0.39 is 23.7 Å². The molecule has 2 N–H and O–H groups in total. The second kappa shape index (κ2) is 8.16. The van der Waals surface area contributed by atoms with Crippen LogP contribution >= 0.6 is 12.4 Å². The molecular weight excluding hydrogens is 357 g/mol. The summed E-state index contributed by atoms with van der Waals surface area (Å²) in [6.45, 7) is 0.0631. The lowest BCUT2D eigenvalue weighted by Crippen LogP contribution is -2.18. The molecule has 9 heteroatoms. The van der Waals surface area contributed by atoms with Crippen molar-refractivity contribution in [3.63, 3.8) is 0 Å². The van der Waals surface area contributed by atoms with Crippen LogP contribution in [-0.4, -0.2) is 19.5 Å². The van der Waals surface area contributed by atoms with E-state index in [1.54, 1.807) is 0 Å². The Morgan fingerprint density at radius 1 is 1.00 bits per heavy atom. The van der Waals surface area contributed by atoms with E-state index in [9.17, 15) is 22.0 Å². The van der Waals surface area contributed by atoms with E-state index in [1.807, 2.05) is 0 Å². The molecule has 2 aromatic carbocycles. The van der Waals surface area contributed by atoms with Crippen LogP contribution in [0.2, 0.25) is 0 Å². The van der Waals surface area contributed by atoms with Gasteiger partial charge in [0, 0.05) is 12.1 Å². The first kappa shape index (κ1) is 20.0. The monoisotopic (exact) mass is 369 g/mol. The van der Waals surface area contributed by atoms with Gasteiger partial charge in [-0.25, -0.2) is 8.78 Å². The topological polar surface area (TPSA) is 44.5 Å². The molecule has 0 spiro atoms. The first-order valence-electron chi connectivity index (χ1n) is 6.49. The summed E-state index contributed by atoms with van der Waals surface area (Å²) in [5, 5.41) is 0. The molecule has 0 aromatic heterocycles. The van der Waals surface area contributed by atoms with Crippen molar-refractivity contribution in [1.29, 1.82) is 0 Å². The standard InChI is InChI=1S/C15H12F5NO2.ClH/c16-11-3-1-2-10(14(11)17)9-4-5-12(22-7-6-21)13(8-9)23-15(18,19)20;/h1-5,8H,6-7,21H2;1H. The highest BCUT2D eigenvalue weighted by atomic mass is 35.5. The third-order valence-electron chi connectivity index (χ3n) is 2.81. The van der Waals surface area contributed by atoms with Crippen molar-refractivity contribution in [1.82, 2.24) is 0 Å². The van der Waals surface area contributed by atoms with Gasteiger partial charge in [0.15, 0.2) is 23.1 Å². The average molecular weight is 370 g/mol. The van der Waals surface area contributed by atoms with E-state index in [0.717, 1.165) is 12.1 Å². The Morgan fingerprint density at radius 3 is 2.33 bits per heavy atom. The molecule has 0 aliphatic rings. The number of benzene rings is 2. The molecule has 0 atom stereocenters. The van der Waals surface area contributed by atoms with Crippen LogP contribution in [0, 0.1) is 11.6 Å². The van der Waals surface area contributed by atoms with Gasteiger partial charge in [0.1, 0.15) is 6.61 Å². The minimum atomic E-state index is -4.96. The highest BCUT2D eigenvalue weighted by molar-refractivity contribution is 5.85. The molecule has 0 aliphatic heterocycles. The van der Waals surface area contributed by atoms with E-state index in [4.69, 9.17) is 10.5 Å². The molecule has 0 aliphatic carbocycles. The maximum Gasteiger partial charge on any atom is 0.573 e. The minimum Gasteiger partial charge on any atom is -0.488 e. The second-order valence-corrected chi connectivity index (χ2v) is 4.45. The second-order valence-electron chi connectivity index (χ2n) is 4.45. The van der Waals surface area contributed by atoms with Crippen molar-refractivity contribution in [2.75, 3.05) is 13.2 Å². The quantitative estimate of drug-likeness (QED) is 0.800. The zero-order chi connectivity index (χ0) is 17.0. The van der Waals surface area contributed by atoms with Crippen molar-refractivity contribution >= 4 is 12.4 Å². The zero-order valence-corrected chi connectivity index (χ0v) is 12.9. The first-order chi connectivity index (χ1) is 10.8. The maximum absolute atomic E-state index is 13.8. The smallest absolute Gasteiger partial charge is 0.488 e. The number of hydrogen-bond acceptors (Lipinski definition) is 3. The lowest BCUT2D eigenvalue weighted by atomic mass is 10.0. The van der Waals surface area contributed by atoms with E-state index in [1.165, 1.54) is 24.3 Å². The van der Waals surface area contributed by atoms with Crippen LogP contribution in [0.3, 0.4) is 0 Å². The van der Waals surface area contributed by atoms with E-state index in [2.05, 4.69) is 4.74 Å². The van der Waals surface area contributed by atoms with Crippen molar-refractivity contribution in [2.24, 2.45) is 5.73 Å². The first-order valence-corrected chi connectivity index (χ1v) is 6.49. The molecule has 0 amide bonds. The Hall–Kier alpha value is -2.06. The molecule has 0 unspecified atom stereocenters. The summed E-state index contributed by atoms with van der Waals surface area (Å²) in [5.74, 6) is -3.13. The Morgan fingerprint density at radius 2 is 1.71 bits per heavy atom. The van der Waals surface area contributed by atoms with Crippen LogP contribution in [-0.2, 0) is 0 Å². The van der Waals surface area contributed by atoms with Gasteiger partial charge in [-0.05, 0) is 23.8 Å². The molecule has 0 radical (unpaired) electrons. The Labute approximate surface area is 140 Å². The van der Waals surface area contributed by atoms with E-state index in [-0.39, 0.29) is 42.4 Å². The van der Waals surface area contributed by atoms with Crippen molar-refractivity contribution in [3.05, 3.63) is 48.0 Å². The zero-order valence-electron chi connectivity index (χ0n) is 12.1. The maximum atomic E-state index is 13.8. The normalized spacial score (nSPS) is 10.9. The predicted molar refractivity (Wildman–Crippen MR) is 80.3 cm³/mol. The van der Waals surface area contributed by atoms with Gasteiger partial charge >= 0.3 is 6.36 Å². The third-order valence-corrected chi connectivity index (χ3v) is 2.81. The summed E-state index contributed by atoms with van der Waals surface area (Å²) >= 11 is 0. The molecule has 0 saturated carbocycles. The summed E-state index contributed by atoms with van der Waals surface area (Å²) in [6, 6.07) is 6.80. The highest BCUT2D eigenvalue weighted by Crippen LogP contribution is 2.37. The minimum absolute atomic E-state index is 0. The fourth-order valence-electron chi connectivity index (χ4n) is 1.89. The SMILES string of the molecule is Cl.NCCOc1ccc(-c2cccc(F)c2F)cc1OC(F)(F)F. The van der Waals surface area contributed by atoms with Gasteiger partial charge in [-0.1, -0.05) is 18.2 Å². The van der Waals surface area contributed by atoms with Gasteiger partial charge in [-0.2, -0.15) is 0 Å². The van der Waals surface area contributed by atoms with Crippen molar-refractivity contribution in [3.8, 4) is 22.6 Å². The van der Waals surface area contributed by atoms with Crippen LogP contribution in [0.5, 0.6) is 11.5 Å². The van der Waals surface area contributed by atoms with Gasteiger partial charge in [-0.3, -0.25) is 0 Å². The summed E-state index contributed by atoms with van der Waals surface area (Å²) in [5.41, 5.74) is 5.05. The Balaban J connectivity index is 0.00000288. The molecule has 2 aromatic rings. The number of hydrogen-bond donors (Lipinski definition) is 1. The molecule has 132 valence electrons. The number of nitrogens with two attached hydrogens (primary N) is 1. The molecule has 2 rings (SSSR count). The Bertz CT molecular complexity index is 694. The van der Waals surface area contributed by atoms with Gasteiger partial charge < -0.3 is 15.2 Å². The lowest BCUT2D eigenvalue weighted by molar-refractivity contribution is -0.275. The summed E-state index contributed by atoms with van der Waals surface area (Å²) in [6.07, 6.45) is -4.96. The van der Waals surface area contributed by atoms with Crippen LogP contribution in [0.4, 0.5) is 22.0 Å². The predicted octanol–water partition coefficient (Wildman–Crippen LogP) is 4.29. The number of alkyl halides is 3. The van der Waals surface area contributed by atoms with E-state index >= 15 is 0 Å².